The molecule has 1 amide bonds. The Balaban J connectivity index is 1.52. The maximum absolute atomic E-state index is 13.4. The Bertz CT molecular complexity index is 561. The molecule has 2 atom stereocenters. The lowest BCUT2D eigenvalue weighted by atomic mass is 10.0. The SMILES string of the molecule is O=C([C@@H]1C[C@H](n2cnnn2)CN1C1CCCCCC1)N1CCCCCC1. The smallest absolute Gasteiger partial charge is 0.240 e. The molecule has 0 aromatic carbocycles. The topological polar surface area (TPSA) is 67.2 Å². The quantitative estimate of drug-likeness (QED) is 0.775. The van der Waals surface area contributed by atoms with Gasteiger partial charge in [-0.3, -0.25) is 9.69 Å². The second kappa shape index (κ2) is 8.46. The number of hydrogen-bond acceptors (Lipinski definition) is 5. The molecule has 2 aliphatic heterocycles. The van der Waals surface area contributed by atoms with Crippen LogP contribution in [0.2, 0.25) is 0 Å². The van der Waals surface area contributed by atoms with Crippen LogP contribution in [-0.4, -0.2) is 67.6 Å². The highest BCUT2D eigenvalue weighted by Gasteiger charge is 2.42. The Morgan fingerprint density at radius 1 is 0.885 bits per heavy atom. The maximum Gasteiger partial charge on any atom is 0.240 e. The minimum atomic E-state index is 0.00500. The first-order valence-corrected chi connectivity index (χ1v) is 10.6. The first-order valence-electron chi connectivity index (χ1n) is 10.6. The summed E-state index contributed by atoms with van der Waals surface area (Å²) >= 11 is 0. The Kier molecular flexibility index (Phi) is 5.82. The van der Waals surface area contributed by atoms with Crippen molar-refractivity contribution in [1.82, 2.24) is 30.0 Å². The molecule has 1 aromatic heterocycles. The summed E-state index contributed by atoms with van der Waals surface area (Å²) in [5.41, 5.74) is 0. The summed E-state index contributed by atoms with van der Waals surface area (Å²) in [4.78, 5) is 18.1. The first kappa shape index (κ1) is 17.9. The third-order valence-electron chi connectivity index (χ3n) is 6.55. The highest BCUT2D eigenvalue weighted by molar-refractivity contribution is 5.82. The van der Waals surface area contributed by atoms with Crippen molar-refractivity contribution in [3.63, 3.8) is 0 Å². The predicted octanol–water partition coefficient (Wildman–Crippen LogP) is 2.41. The van der Waals surface area contributed by atoms with Crippen molar-refractivity contribution >= 4 is 5.91 Å². The number of aromatic nitrogens is 4. The van der Waals surface area contributed by atoms with Crippen LogP contribution < -0.4 is 0 Å². The second-order valence-corrected chi connectivity index (χ2v) is 8.28. The van der Waals surface area contributed by atoms with E-state index in [2.05, 4.69) is 25.3 Å². The molecule has 7 nitrogen and oxygen atoms in total. The van der Waals surface area contributed by atoms with Gasteiger partial charge in [-0.2, -0.15) is 0 Å². The standard InChI is InChI=1S/C19H32N6O/c26-19(23-11-7-3-4-8-12-23)18-13-17(25-15-20-21-22-25)14-24(18)16-9-5-1-2-6-10-16/h15-18H,1-14H2/t17-,18-/m0/s1. The van der Waals surface area contributed by atoms with Crippen LogP contribution in [0.5, 0.6) is 0 Å². The van der Waals surface area contributed by atoms with Crippen LogP contribution in [0.15, 0.2) is 6.33 Å². The minimum absolute atomic E-state index is 0.00500. The van der Waals surface area contributed by atoms with Crippen molar-refractivity contribution in [3.05, 3.63) is 6.33 Å². The Labute approximate surface area is 156 Å². The molecule has 3 heterocycles. The Morgan fingerprint density at radius 2 is 1.58 bits per heavy atom. The van der Waals surface area contributed by atoms with E-state index in [9.17, 15) is 4.79 Å². The van der Waals surface area contributed by atoms with Gasteiger partial charge >= 0.3 is 0 Å². The van der Waals surface area contributed by atoms with Crippen LogP contribution in [0.25, 0.3) is 0 Å². The summed E-state index contributed by atoms with van der Waals surface area (Å²) in [6, 6.07) is 0.763. The fourth-order valence-corrected chi connectivity index (χ4v) is 5.10. The molecule has 1 saturated carbocycles. The molecular formula is C19H32N6O. The van der Waals surface area contributed by atoms with E-state index in [1.807, 2.05) is 4.68 Å². The maximum atomic E-state index is 13.4. The van der Waals surface area contributed by atoms with Gasteiger partial charge < -0.3 is 4.90 Å². The fraction of sp³-hybridized carbons (Fsp3) is 0.895. The van der Waals surface area contributed by atoms with Crippen LogP contribution in [0.1, 0.15) is 76.7 Å². The van der Waals surface area contributed by atoms with Crippen molar-refractivity contribution in [2.75, 3.05) is 19.6 Å². The van der Waals surface area contributed by atoms with Gasteiger partial charge in [-0.05, 0) is 42.5 Å². The van der Waals surface area contributed by atoms with Crippen molar-refractivity contribution < 1.29 is 4.79 Å². The lowest BCUT2D eigenvalue weighted by Crippen LogP contribution is -2.49. The van der Waals surface area contributed by atoms with Gasteiger partial charge in [0.05, 0.1) is 12.1 Å². The minimum Gasteiger partial charge on any atom is -0.341 e. The normalized spacial score (nSPS) is 29.5. The largest absolute Gasteiger partial charge is 0.341 e. The van der Waals surface area contributed by atoms with Crippen LogP contribution in [0, 0.1) is 0 Å². The fourth-order valence-electron chi connectivity index (χ4n) is 5.10. The van der Waals surface area contributed by atoms with Gasteiger partial charge in [-0.15, -0.1) is 5.10 Å². The first-order chi connectivity index (χ1) is 12.8. The molecule has 0 radical (unpaired) electrons. The molecule has 0 unspecified atom stereocenters. The van der Waals surface area contributed by atoms with Crippen molar-refractivity contribution in [3.8, 4) is 0 Å². The van der Waals surface area contributed by atoms with Gasteiger partial charge in [0, 0.05) is 25.7 Å². The zero-order valence-electron chi connectivity index (χ0n) is 15.8. The third kappa shape index (κ3) is 3.92. The van der Waals surface area contributed by atoms with E-state index in [-0.39, 0.29) is 12.1 Å². The number of likely N-dealkylation sites (tertiary alicyclic amines) is 2. The lowest BCUT2D eigenvalue weighted by Gasteiger charge is -2.34. The number of amides is 1. The van der Waals surface area contributed by atoms with Gasteiger partial charge in [0.1, 0.15) is 6.33 Å². The van der Waals surface area contributed by atoms with Crippen LogP contribution >= 0.6 is 0 Å². The average molecular weight is 361 g/mol. The monoisotopic (exact) mass is 360 g/mol. The van der Waals surface area contributed by atoms with Gasteiger partial charge in [0.2, 0.25) is 5.91 Å². The lowest BCUT2D eigenvalue weighted by molar-refractivity contribution is -0.136. The summed E-state index contributed by atoms with van der Waals surface area (Å²) in [6.07, 6.45) is 15.1. The molecule has 2 saturated heterocycles. The van der Waals surface area contributed by atoms with Gasteiger partial charge in [0.25, 0.3) is 0 Å². The van der Waals surface area contributed by atoms with Crippen molar-refractivity contribution in [2.45, 2.75) is 88.8 Å². The van der Waals surface area contributed by atoms with E-state index >= 15 is 0 Å². The molecule has 26 heavy (non-hydrogen) atoms. The van der Waals surface area contributed by atoms with E-state index < -0.39 is 0 Å². The van der Waals surface area contributed by atoms with E-state index in [0.29, 0.717) is 11.9 Å². The number of tetrazole rings is 1. The van der Waals surface area contributed by atoms with Gasteiger partial charge in [-0.25, -0.2) is 4.68 Å². The number of rotatable bonds is 3. The molecular weight excluding hydrogens is 328 g/mol. The molecule has 7 heteroatoms. The number of carbonyl (C=O) groups is 1. The van der Waals surface area contributed by atoms with Crippen LogP contribution in [-0.2, 0) is 4.79 Å². The molecule has 144 valence electrons. The second-order valence-electron chi connectivity index (χ2n) is 8.28. The Morgan fingerprint density at radius 3 is 2.23 bits per heavy atom. The van der Waals surface area contributed by atoms with Crippen molar-refractivity contribution in [1.29, 1.82) is 0 Å². The summed E-state index contributed by atoms with van der Waals surface area (Å²) in [7, 11) is 0. The van der Waals surface area contributed by atoms with E-state index in [1.165, 1.54) is 51.4 Å². The zero-order chi connectivity index (χ0) is 17.8. The molecule has 1 aliphatic carbocycles. The molecule has 4 rings (SSSR count). The average Bonchev–Trinajstić information content (AvgIpc) is 3.16. The van der Waals surface area contributed by atoms with Crippen LogP contribution in [0.3, 0.4) is 0 Å². The predicted molar refractivity (Wildman–Crippen MR) is 98.5 cm³/mol. The Hall–Kier alpha value is -1.50. The molecule has 3 aliphatic rings. The van der Waals surface area contributed by atoms with Gasteiger partial charge in [-0.1, -0.05) is 38.5 Å². The number of carbonyl (C=O) groups excluding carboxylic acids is 1. The molecule has 1 aromatic rings. The summed E-state index contributed by atoms with van der Waals surface area (Å²) in [5.74, 6) is 0.353. The molecule has 0 spiro atoms. The molecule has 0 bridgehead atoms. The van der Waals surface area contributed by atoms with Crippen LogP contribution in [0.4, 0.5) is 0 Å². The van der Waals surface area contributed by atoms with E-state index in [4.69, 9.17) is 0 Å². The van der Waals surface area contributed by atoms with Crippen molar-refractivity contribution in [2.24, 2.45) is 0 Å². The summed E-state index contributed by atoms with van der Waals surface area (Å²) in [5, 5.41) is 11.7. The summed E-state index contributed by atoms with van der Waals surface area (Å²) < 4.78 is 1.86. The third-order valence-corrected chi connectivity index (χ3v) is 6.55. The molecule has 0 N–H and O–H groups in total. The highest BCUT2D eigenvalue weighted by Crippen LogP contribution is 2.34. The molecule has 3 fully saturated rings. The highest BCUT2D eigenvalue weighted by atomic mass is 16.2. The van der Waals surface area contributed by atoms with Gasteiger partial charge in [0.15, 0.2) is 0 Å². The summed E-state index contributed by atoms with van der Waals surface area (Å²) in [6.45, 7) is 2.77. The zero-order valence-corrected chi connectivity index (χ0v) is 15.8. The van der Waals surface area contributed by atoms with E-state index in [1.54, 1.807) is 6.33 Å². The number of hydrogen-bond donors (Lipinski definition) is 0. The number of nitrogens with zero attached hydrogens (tertiary/aromatic N) is 6. The van der Waals surface area contributed by atoms with E-state index in [0.717, 1.165) is 38.9 Å².